The second-order valence-corrected chi connectivity index (χ2v) is 8.01. The zero-order valence-electron chi connectivity index (χ0n) is 17.1. The molecule has 0 saturated heterocycles. The molecule has 1 atom stereocenters. The molecule has 2 heterocycles. The van der Waals surface area contributed by atoms with Gasteiger partial charge >= 0.3 is 0 Å². The van der Waals surface area contributed by atoms with Crippen LogP contribution in [-0.4, -0.2) is 28.7 Å². The molecule has 5 rings (SSSR count). The Kier molecular flexibility index (Phi) is 5.08. The predicted molar refractivity (Wildman–Crippen MR) is 126 cm³/mol. The maximum atomic E-state index is 13.7. The Morgan fingerprint density at radius 2 is 1.90 bits per heavy atom. The normalized spacial score (nSPS) is 15.5. The van der Waals surface area contributed by atoms with E-state index in [1.165, 1.54) is 23.1 Å². The summed E-state index contributed by atoms with van der Waals surface area (Å²) in [5.41, 5.74) is 5.33. The number of benzene rings is 3. The SMILES string of the molecule is COc1ccc(C2c3[nH]c4ccccc4c3CCN2C(=S)Nc2cccc(F)c2)cc1. The van der Waals surface area contributed by atoms with Crippen LogP contribution in [0.4, 0.5) is 10.1 Å². The number of fused-ring (bicyclic) bond motifs is 3. The van der Waals surface area contributed by atoms with Gasteiger partial charge in [-0.1, -0.05) is 36.4 Å². The van der Waals surface area contributed by atoms with Crippen LogP contribution in [0.15, 0.2) is 72.8 Å². The van der Waals surface area contributed by atoms with Gasteiger partial charge in [0.15, 0.2) is 5.11 Å². The highest BCUT2D eigenvalue weighted by Gasteiger charge is 2.33. The molecule has 6 heteroatoms. The highest BCUT2D eigenvalue weighted by Crippen LogP contribution is 2.39. The van der Waals surface area contributed by atoms with Gasteiger partial charge in [-0.3, -0.25) is 0 Å². The Labute approximate surface area is 185 Å². The fourth-order valence-electron chi connectivity index (χ4n) is 4.35. The largest absolute Gasteiger partial charge is 0.497 e. The van der Waals surface area contributed by atoms with Crippen LogP contribution in [0, 0.1) is 5.82 Å². The van der Waals surface area contributed by atoms with E-state index in [-0.39, 0.29) is 11.9 Å². The number of rotatable bonds is 3. The first kappa shape index (κ1) is 19.6. The van der Waals surface area contributed by atoms with Gasteiger partial charge in [-0.25, -0.2) is 4.39 Å². The molecule has 4 nitrogen and oxygen atoms in total. The molecule has 0 aliphatic carbocycles. The summed E-state index contributed by atoms with van der Waals surface area (Å²) in [6, 6.07) is 22.7. The van der Waals surface area contributed by atoms with Gasteiger partial charge in [0.2, 0.25) is 0 Å². The third-order valence-electron chi connectivity index (χ3n) is 5.80. The Hall–Kier alpha value is -3.38. The lowest BCUT2D eigenvalue weighted by Gasteiger charge is -2.38. The lowest BCUT2D eigenvalue weighted by atomic mass is 9.92. The van der Waals surface area contributed by atoms with Crippen molar-refractivity contribution in [2.75, 3.05) is 19.0 Å². The minimum absolute atomic E-state index is 0.0874. The second kappa shape index (κ2) is 8.04. The number of hydrogen-bond donors (Lipinski definition) is 2. The van der Waals surface area contributed by atoms with Gasteiger partial charge in [-0.05, 0) is 66.2 Å². The highest BCUT2D eigenvalue weighted by molar-refractivity contribution is 7.80. The van der Waals surface area contributed by atoms with Crippen molar-refractivity contribution in [3.05, 3.63) is 95.4 Å². The number of aromatic nitrogens is 1. The first-order chi connectivity index (χ1) is 15.1. The van der Waals surface area contributed by atoms with E-state index in [1.807, 2.05) is 24.3 Å². The zero-order valence-corrected chi connectivity index (χ0v) is 17.9. The van der Waals surface area contributed by atoms with Crippen LogP contribution >= 0.6 is 12.2 Å². The molecule has 1 aromatic heterocycles. The summed E-state index contributed by atoms with van der Waals surface area (Å²) in [6.45, 7) is 0.757. The monoisotopic (exact) mass is 431 g/mol. The molecule has 0 fully saturated rings. The van der Waals surface area contributed by atoms with Gasteiger partial charge in [0, 0.05) is 28.8 Å². The summed E-state index contributed by atoms with van der Waals surface area (Å²) in [5, 5.41) is 5.03. The quantitative estimate of drug-likeness (QED) is 0.411. The predicted octanol–water partition coefficient (Wildman–Crippen LogP) is 5.66. The number of methoxy groups -OCH3 is 1. The molecule has 0 bridgehead atoms. The fraction of sp³-hybridized carbons (Fsp3) is 0.160. The molecule has 1 unspecified atom stereocenters. The molecule has 0 radical (unpaired) electrons. The number of hydrogen-bond acceptors (Lipinski definition) is 2. The van der Waals surface area contributed by atoms with Crippen LogP contribution in [0.3, 0.4) is 0 Å². The molecule has 0 amide bonds. The van der Waals surface area contributed by atoms with E-state index in [4.69, 9.17) is 17.0 Å². The van der Waals surface area contributed by atoms with Crippen molar-refractivity contribution in [1.29, 1.82) is 0 Å². The number of halogens is 1. The third kappa shape index (κ3) is 3.64. The molecule has 156 valence electrons. The first-order valence-electron chi connectivity index (χ1n) is 10.2. The Bertz CT molecular complexity index is 1250. The lowest BCUT2D eigenvalue weighted by Crippen LogP contribution is -2.42. The van der Waals surface area contributed by atoms with Crippen LogP contribution in [0.25, 0.3) is 10.9 Å². The number of thiocarbonyl (C=S) groups is 1. The second-order valence-electron chi connectivity index (χ2n) is 7.62. The number of para-hydroxylation sites is 1. The maximum Gasteiger partial charge on any atom is 0.174 e. The molecule has 1 aliphatic heterocycles. The van der Waals surface area contributed by atoms with Crippen molar-refractivity contribution in [3.8, 4) is 5.75 Å². The van der Waals surface area contributed by atoms with Gasteiger partial charge in [-0.15, -0.1) is 0 Å². The number of nitrogens with one attached hydrogen (secondary N) is 2. The fourth-order valence-corrected chi connectivity index (χ4v) is 4.67. The summed E-state index contributed by atoms with van der Waals surface area (Å²) >= 11 is 5.79. The van der Waals surface area contributed by atoms with Crippen LogP contribution in [0.2, 0.25) is 0 Å². The van der Waals surface area contributed by atoms with Crippen LogP contribution in [0.5, 0.6) is 5.75 Å². The van der Waals surface area contributed by atoms with Crippen molar-refractivity contribution in [3.63, 3.8) is 0 Å². The van der Waals surface area contributed by atoms with Crippen molar-refractivity contribution in [2.45, 2.75) is 12.5 Å². The van der Waals surface area contributed by atoms with Crippen molar-refractivity contribution in [1.82, 2.24) is 9.88 Å². The standard InChI is InChI=1S/C25H22FN3OS/c1-30-19-11-9-16(10-12-19)24-23-21(20-7-2-3-8-22(20)28-23)13-14-29(24)25(31)27-18-6-4-5-17(26)15-18/h2-12,15,24,28H,13-14H2,1H3,(H,27,31). The van der Waals surface area contributed by atoms with Crippen LogP contribution in [0.1, 0.15) is 22.9 Å². The molecule has 4 aromatic rings. The minimum Gasteiger partial charge on any atom is -0.497 e. The summed E-state index contributed by atoms with van der Waals surface area (Å²) in [6.07, 6.45) is 0.872. The molecule has 1 aliphatic rings. The molecular weight excluding hydrogens is 409 g/mol. The Morgan fingerprint density at radius 3 is 2.68 bits per heavy atom. The molecule has 0 saturated carbocycles. The number of aromatic amines is 1. The molecular formula is C25H22FN3OS. The minimum atomic E-state index is -0.295. The maximum absolute atomic E-state index is 13.7. The Balaban J connectivity index is 1.57. The summed E-state index contributed by atoms with van der Waals surface area (Å²) in [7, 11) is 1.66. The van der Waals surface area contributed by atoms with Gasteiger partial charge in [0.25, 0.3) is 0 Å². The number of H-pyrrole nitrogens is 1. The molecule has 0 spiro atoms. The topological polar surface area (TPSA) is 40.3 Å². The van der Waals surface area contributed by atoms with E-state index in [0.29, 0.717) is 10.8 Å². The third-order valence-corrected chi connectivity index (χ3v) is 6.14. The van der Waals surface area contributed by atoms with Crippen molar-refractivity contribution >= 4 is 33.9 Å². The highest BCUT2D eigenvalue weighted by atomic mass is 32.1. The summed E-state index contributed by atoms with van der Waals surface area (Å²) < 4.78 is 19.0. The van der Waals surface area contributed by atoms with E-state index in [0.717, 1.165) is 35.5 Å². The van der Waals surface area contributed by atoms with Gasteiger partial charge in [0.1, 0.15) is 11.6 Å². The number of anilines is 1. The van der Waals surface area contributed by atoms with Gasteiger partial charge < -0.3 is 19.9 Å². The van der Waals surface area contributed by atoms with E-state index in [2.05, 4.69) is 45.5 Å². The zero-order chi connectivity index (χ0) is 21.4. The van der Waals surface area contributed by atoms with Crippen LogP contribution < -0.4 is 10.1 Å². The molecule has 2 N–H and O–H groups in total. The molecule has 31 heavy (non-hydrogen) atoms. The van der Waals surface area contributed by atoms with Crippen molar-refractivity contribution < 1.29 is 9.13 Å². The van der Waals surface area contributed by atoms with E-state index in [1.54, 1.807) is 13.2 Å². The van der Waals surface area contributed by atoms with E-state index >= 15 is 0 Å². The summed E-state index contributed by atoms with van der Waals surface area (Å²) in [5.74, 6) is 0.513. The van der Waals surface area contributed by atoms with Gasteiger partial charge in [0.05, 0.1) is 13.2 Å². The molecule has 3 aromatic carbocycles. The number of nitrogens with zero attached hydrogens (tertiary/aromatic N) is 1. The summed E-state index contributed by atoms with van der Waals surface area (Å²) in [4.78, 5) is 5.80. The smallest absolute Gasteiger partial charge is 0.174 e. The average molecular weight is 432 g/mol. The Morgan fingerprint density at radius 1 is 1.10 bits per heavy atom. The average Bonchev–Trinajstić information content (AvgIpc) is 3.17. The number of ether oxygens (including phenoxy) is 1. The van der Waals surface area contributed by atoms with E-state index in [9.17, 15) is 4.39 Å². The van der Waals surface area contributed by atoms with Crippen molar-refractivity contribution in [2.24, 2.45) is 0 Å². The van der Waals surface area contributed by atoms with Gasteiger partial charge in [-0.2, -0.15) is 0 Å². The van der Waals surface area contributed by atoms with Crippen LogP contribution in [-0.2, 0) is 6.42 Å². The lowest BCUT2D eigenvalue weighted by molar-refractivity contribution is 0.339. The van der Waals surface area contributed by atoms with E-state index < -0.39 is 0 Å². The first-order valence-corrected chi connectivity index (χ1v) is 10.6.